The quantitative estimate of drug-likeness (QED) is 0.647. The minimum atomic E-state index is -0.190. The lowest BCUT2D eigenvalue weighted by Crippen LogP contribution is -2.24. The molecule has 1 aliphatic rings. The summed E-state index contributed by atoms with van der Waals surface area (Å²) in [6.45, 7) is 0.443. The van der Waals surface area contributed by atoms with Crippen molar-refractivity contribution in [3.8, 4) is 22.9 Å². The maximum absolute atomic E-state index is 12.6. The second kappa shape index (κ2) is 7.52. The van der Waals surface area contributed by atoms with Crippen LogP contribution in [0.2, 0.25) is 5.02 Å². The number of nitrogens with zero attached hydrogens (tertiary/aromatic N) is 3. The summed E-state index contributed by atoms with van der Waals surface area (Å²) < 4.78 is 16.0. The lowest BCUT2D eigenvalue weighted by Gasteiger charge is -2.18. The molecule has 1 atom stereocenters. The van der Waals surface area contributed by atoms with Crippen molar-refractivity contribution in [2.45, 2.75) is 12.3 Å². The number of carbonyl (C=O) groups excluding carboxylic acids is 1. The molecule has 1 aromatic heterocycles. The van der Waals surface area contributed by atoms with Crippen LogP contribution in [-0.4, -0.2) is 36.8 Å². The average molecular weight is 400 g/mol. The van der Waals surface area contributed by atoms with E-state index in [1.807, 2.05) is 24.3 Å². The van der Waals surface area contributed by atoms with E-state index >= 15 is 0 Å². The predicted molar refractivity (Wildman–Crippen MR) is 104 cm³/mol. The Balaban J connectivity index is 1.57. The molecule has 0 aliphatic carbocycles. The van der Waals surface area contributed by atoms with Gasteiger partial charge in [-0.1, -0.05) is 28.9 Å². The summed E-state index contributed by atoms with van der Waals surface area (Å²) in [5.41, 5.74) is 1.43. The molecule has 0 N–H and O–H groups in total. The summed E-state index contributed by atoms with van der Waals surface area (Å²) in [5, 5.41) is 4.57. The van der Waals surface area contributed by atoms with Gasteiger partial charge in [0.15, 0.2) is 11.5 Å². The van der Waals surface area contributed by atoms with E-state index in [1.54, 1.807) is 37.3 Å². The van der Waals surface area contributed by atoms with E-state index in [0.29, 0.717) is 46.8 Å². The fourth-order valence-electron chi connectivity index (χ4n) is 3.27. The van der Waals surface area contributed by atoms with Crippen molar-refractivity contribution in [1.82, 2.24) is 10.1 Å². The van der Waals surface area contributed by atoms with Crippen molar-refractivity contribution >= 4 is 23.2 Å². The van der Waals surface area contributed by atoms with Gasteiger partial charge in [-0.3, -0.25) is 4.79 Å². The molecular weight excluding hydrogens is 382 g/mol. The molecule has 2 aromatic carbocycles. The molecule has 0 bridgehead atoms. The minimum absolute atomic E-state index is 0.0188. The van der Waals surface area contributed by atoms with Gasteiger partial charge in [-0.2, -0.15) is 4.98 Å². The van der Waals surface area contributed by atoms with E-state index in [9.17, 15) is 4.79 Å². The summed E-state index contributed by atoms with van der Waals surface area (Å²) in [6.07, 6.45) is 0.290. The number of amides is 1. The van der Waals surface area contributed by atoms with Crippen molar-refractivity contribution in [1.29, 1.82) is 0 Å². The monoisotopic (exact) mass is 399 g/mol. The molecule has 8 heteroatoms. The molecule has 28 heavy (non-hydrogen) atoms. The molecule has 0 radical (unpaired) electrons. The first-order chi connectivity index (χ1) is 13.6. The zero-order chi connectivity index (χ0) is 19.7. The molecular formula is C20H18ClN3O4. The van der Waals surface area contributed by atoms with Crippen LogP contribution in [0.5, 0.6) is 11.5 Å². The topological polar surface area (TPSA) is 77.7 Å². The van der Waals surface area contributed by atoms with Crippen LogP contribution in [0.3, 0.4) is 0 Å². The molecule has 3 aromatic rings. The molecule has 0 saturated carbocycles. The molecule has 4 rings (SSSR count). The number of halogens is 1. The zero-order valence-electron chi connectivity index (χ0n) is 15.4. The van der Waals surface area contributed by atoms with E-state index in [-0.39, 0.29) is 11.8 Å². The van der Waals surface area contributed by atoms with Gasteiger partial charge in [0, 0.05) is 30.3 Å². The predicted octanol–water partition coefficient (Wildman–Crippen LogP) is 3.93. The molecule has 7 nitrogen and oxygen atoms in total. The second-order valence-corrected chi connectivity index (χ2v) is 6.79. The zero-order valence-corrected chi connectivity index (χ0v) is 16.1. The number of methoxy groups -OCH3 is 2. The van der Waals surface area contributed by atoms with Crippen molar-refractivity contribution < 1.29 is 18.8 Å². The second-order valence-electron chi connectivity index (χ2n) is 6.38. The van der Waals surface area contributed by atoms with Gasteiger partial charge >= 0.3 is 0 Å². The van der Waals surface area contributed by atoms with Crippen LogP contribution in [0.25, 0.3) is 11.4 Å². The average Bonchev–Trinajstić information content (AvgIpc) is 3.34. The number of hydrogen-bond donors (Lipinski definition) is 0. The summed E-state index contributed by atoms with van der Waals surface area (Å²) in [7, 11) is 3.13. The standard InChI is InChI=1S/C20H18ClN3O4/c1-26-16-8-7-13(10-17(16)27-2)24-11-12(9-18(24)25)20-22-19(23-28-20)14-5-3-4-6-15(14)21/h3-8,10,12H,9,11H2,1-2H3. The summed E-state index contributed by atoms with van der Waals surface area (Å²) in [5.74, 6) is 1.80. The summed E-state index contributed by atoms with van der Waals surface area (Å²) in [6, 6.07) is 12.7. The first kappa shape index (κ1) is 18.3. The van der Waals surface area contributed by atoms with Crippen LogP contribution in [0.15, 0.2) is 47.0 Å². The van der Waals surface area contributed by atoms with Gasteiger partial charge < -0.3 is 18.9 Å². The number of ether oxygens (including phenoxy) is 2. The van der Waals surface area contributed by atoms with Gasteiger partial charge in [-0.05, 0) is 24.3 Å². The van der Waals surface area contributed by atoms with Crippen molar-refractivity contribution in [3.63, 3.8) is 0 Å². The summed E-state index contributed by atoms with van der Waals surface area (Å²) >= 11 is 6.20. The molecule has 2 heterocycles. The first-order valence-electron chi connectivity index (χ1n) is 8.71. The van der Waals surface area contributed by atoms with Gasteiger partial charge in [0.2, 0.25) is 17.6 Å². The molecule has 1 aliphatic heterocycles. The smallest absolute Gasteiger partial charge is 0.232 e. The molecule has 1 fully saturated rings. The van der Waals surface area contributed by atoms with E-state index < -0.39 is 0 Å². The van der Waals surface area contributed by atoms with Crippen LogP contribution < -0.4 is 14.4 Å². The number of carbonyl (C=O) groups is 1. The lowest BCUT2D eigenvalue weighted by molar-refractivity contribution is -0.117. The van der Waals surface area contributed by atoms with Crippen LogP contribution in [0.4, 0.5) is 5.69 Å². The summed E-state index contributed by atoms with van der Waals surface area (Å²) in [4.78, 5) is 18.7. The Morgan fingerprint density at radius 1 is 1.14 bits per heavy atom. The van der Waals surface area contributed by atoms with E-state index in [1.165, 1.54) is 0 Å². The number of hydrogen-bond acceptors (Lipinski definition) is 6. The van der Waals surface area contributed by atoms with Crippen molar-refractivity contribution in [2.24, 2.45) is 0 Å². The number of anilines is 1. The molecule has 1 saturated heterocycles. The van der Waals surface area contributed by atoms with Gasteiger partial charge in [0.05, 0.1) is 25.2 Å². The van der Waals surface area contributed by atoms with Crippen LogP contribution in [0.1, 0.15) is 18.2 Å². The van der Waals surface area contributed by atoms with Crippen LogP contribution in [-0.2, 0) is 4.79 Å². The van der Waals surface area contributed by atoms with Gasteiger partial charge in [-0.25, -0.2) is 0 Å². The highest BCUT2D eigenvalue weighted by Crippen LogP contribution is 2.36. The Hall–Kier alpha value is -3.06. The van der Waals surface area contributed by atoms with E-state index in [2.05, 4.69) is 10.1 Å². The Morgan fingerprint density at radius 3 is 2.68 bits per heavy atom. The maximum atomic E-state index is 12.6. The largest absolute Gasteiger partial charge is 0.493 e. The number of aromatic nitrogens is 2. The third-order valence-electron chi connectivity index (χ3n) is 4.71. The molecule has 144 valence electrons. The highest BCUT2D eigenvalue weighted by molar-refractivity contribution is 6.33. The highest BCUT2D eigenvalue weighted by atomic mass is 35.5. The Morgan fingerprint density at radius 2 is 1.93 bits per heavy atom. The Labute approximate surface area is 166 Å². The Kier molecular flexibility index (Phi) is 4.92. The third kappa shape index (κ3) is 3.29. The highest BCUT2D eigenvalue weighted by Gasteiger charge is 2.35. The van der Waals surface area contributed by atoms with Gasteiger partial charge in [0.1, 0.15) is 0 Å². The number of benzene rings is 2. The maximum Gasteiger partial charge on any atom is 0.232 e. The fraction of sp³-hybridized carbons (Fsp3) is 0.250. The molecule has 1 amide bonds. The van der Waals surface area contributed by atoms with Gasteiger partial charge in [-0.15, -0.1) is 0 Å². The van der Waals surface area contributed by atoms with Crippen molar-refractivity contribution in [3.05, 3.63) is 53.4 Å². The number of rotatable bonds is 5. The van der Waals surface area contributed by atoms with E-state index in [0.717, 1.165) is 5.69 Å². The SMILES string of the molecule is COc1ccc(N2CC(c3nc(-c4ccccc4Cl)no3)CC2=O)cc1OC. The minimum Gasteiger partial charge on any atom is -0.493 e. The van der Waals surface area contributed by atoms with Crippen LogP contribution >= 0.6 is 11.6 Å². The van der Waals surface area contributed by atoms with Crippen molar-refractivity contribution in [2.75, 3.05) is 25.7 Å². The molecule has 0 spiro atoms. The van der Waals surface area contributed by atoms with E-state index in [4.69, 9.17) is 25.6 Å². The van der Waals surface area contributed by atoms with Gasteiger partial charge in [0.25, 0.3) is 0 Å². The van der Waals surface area contributed by atoms with Crippen LogP contribution in [0, 0.1) is 0 Å². The fourth-order valence-corrected chi connectivity index (χ4v) is 3.49. The molecule has 1 unspecified atom stereocenters. The third-order valence-corrected chi connectivity index (χ3v) is 5.04. The normalized spacial score (nSPS) is 16.5. The lowest BCUT2D eigenvalue weighted by atomic mass is 10.1. The first-order valence-corrected chi connectivity index (χ1v) is 9.09. The Bertz CT molecular complexity index is 1020.